The van der Waals surface area contributed by atoms with E-state index in [2.05, 4.69) is 10.4 Å². The van der Waals surface area contributed by atoms with Crippen LogP contribution >= 0.6 is 0 Å². The molecule has 2 rings (SSSR count). The normalized spacial score (nSPS) is 12.6. The van der Waals surface area contributed by atoms with Crippen molar-refractivity contribution in [3.63, 3.8) is 0 Å². The van der Waals surface area contributed by atoms with E-state index < -0.39 is 17.4 Å². The number of phenols is 1. The molecule has 0 aliphatic carbocycles. The summed E-state index contributed by atoms with van der Waals surface area (Å²) in [4.78, 5) is 0. The third-order valence-corrected chi connectivity index (χ3v) is 2.75. The van der Waals surface area contributed by atoms with E-state index in [-0.39, 0.29) is 6.04 Å². The smallest absolute Gasteiger partial charge is 0.187 e. The molecular formula is C13H15F2N3O. The molecule has 2 aromatic rings. The molecule has 0 radical (unpaired) electrons. The molecule has 0 saturated carbocycles. The Hall–Kier alpha value is -1.95. The lowest BCUT2D eigenvalue weighted by Gasteiger charge is -2.14. The second kappa shape index (κ2) is 5.79. The first-order chi connectivity index (χ1) is 9.06. The summed E-state index contributed by atoms with van der Waals surface area (Å²) in [7, 11) is 0. The van der Waals surface area contributed by atoms with Crippen LogP contribution in [0.1, 0.15) is 12.5 Å². The minimum Gasteiger partial charge on any atom is -0.503 e. The fourth-order valence-corrected chi connectivity index (χ4v) is 1.77. The van der Waals surface area contributed by atoms with Crippen LogP contribution in [0.2, 0.25) is 0 Å². The SMILES string of the molecule is CC(Cn1cccn1)NCc1cc(F)c(O)c(F)c1. The molecule has 1 atom stereocenters. The molecule has 102 valence electrons. The van der Waals surface area contributed by atoms with Crippen LogP contribution in [0.5, 0.6) is 5.75 Å². The van der Waals surface area contributed by atoms with Gasteiger partial charge in [-0.25, -0.2) is 8.78 Å². The van der Waals surface area contributed by atoms with Gasteiger partial charge >= 0.3 is 0 Å². The van der Waals surface area contributed by atoms with Gasteiger partial charge in [0.2, 0.25) is 0 Å². The molecule has 0 aliphatic rings. The number of halogens is 2. The van der Waals surface area contributed by atoms with Gasteiger partial charge in [0.25, 0.3) is 0 Å². The highest BCUT2D eigenvalue weighted by molar-refractivity contribution is 5.29. The van der Waals surface area contributed by atoms with E-state index in [1.165, 1.54) is 0 Å². The summed E-state index contributed by atoms with van der Waals surface area (Å²) in [5.74, 6) is -2.83. The minimum atomic E-state index is -0.948. The van der Waals surface area contributed by atoms with Crippen molar-refractivity contribution in [1.29, 1.82) is 0 Å². The first-order valence-corrected chi connectivity index (χ1v) is 5.94. The van der Waals surface area contributed by atoms with Crippen LogP contribution in [0.25, 0.3) is 0 Å². The van der Waals surface area contributed by atoms with Gasteiger partial charge in [-0.2, -0.15) is 5.10 Å². The molecule has 0 spiro atoms. The molecule has 1 aromatic carbocycles. The zero-order valence-corrected chi connectivity index (χ0v) is 10.5. The van der Waals surface area contributed by atoms with E-state index in [1.54, 1.807) is 10.9 Å². The number of nitrogens with one attached hydrogen (secondary N) is 1. The number of hydrogen-bond donors (Lipinski definition) is 2. The van der Waals surface area contributed by atoms with Gasteiger partial charge in [0.1, 0.15) is 0 Å². The maximum Gasteiger partial charge on any atom is 0.187 e. The van der Waals surface area contributed by atoms with Crippen molar-refractivity contribution in [2.45, 2.75) is 26.1 Å². The van der Waals surface area contributed by atoms with E-state index in [0.29, 0.717) is 18.7 Å². The Morgan fingerprint density at radius 1 is 1.37 bits per heavy atom. The van der Waals surface area contributed by atoms with Crippen molar-refractivity contribution in [1.82, 2.24) is 15.1 Å². The monoisotopic (exact) mass is 267 g/mol. The number of nitrogens with zero attached hydrogens (tertiary/aromatic N) is 2. The zero-order valence-electron chi connectivity index (χ0n) is 10.5. The van der Waals surface area contributed by atoms with E-state index in [9.17, 15) is 8.78 Å². The fourth-order valence-electron chi connectivity index (χ4n) is 1.77. The molecule has 0 fully saturated rings. The van der Waals surface area contributed by atoms with E-state index in [0.717, 1.165) is 12.1 Å². The molecule has 19 heavy (non-hydrogen) atoms. The van der Waals surface area contributed by atoms with Gasteiger partial charge < -0.3 is 10.4 Å². The quantitative estimate of drug-likeness (QED) is 0.871. The van der Waals surface area contributed by atoms with E-state index >= 15 is 0 Å². The van der Waals surface area contributed by atoms with Crippen LogP contribution in [0.3, 0.4) is 0 Å². The highest BCUT2D eigenvalue weighted by Crippen LogP contribution is 2.21. The number of aromatic hydroxyl groups is 1. The maximum atomic E-state index is 13.1. The summed E-state index contributed by atoms with van der Waals surface area (Å²) in [5, 5.41) is 16.2. The highest BCUT2D eigenvalue weighted by atomic mass is 19.1. The summed E-state index contributed by atoms with van der Waals surface area (Å²) in [5.41, 5.74) is 0.445. The average Bonchev–Trinajstić information content (AvgIpc) is 2.86. The number of hydrogen-bond acceptors (Lipinski definition) is 3. The third-order valence-electron chi connectivity index (χ3n) is 2.75. The zero-order chi connectivity index (χ0) is 13.8. The summed E-state index contributed by atoms with van der Waals surface area (Å²) in [6.45, 7) is 2.93. The van der Waals surface area contributed by atoms with Gasteiger partial charge in [-0.05, 0) is 30.7 Å². The Kier molecular flexibility index (Phi) is 4.11. The second-order valence-corrected chi connectivity index (χ2v) is 4.42. The lowest BCUT2D eigenvalue weighted by molar-refractivity contribution is 0.394. The molecule has 0 bridgehead atoms. The largest absolute Gasteiger partial charge is 0.503 e. The standard InChI is InChI=1S/C13H15F2N3O/c1-9(8-18-4-2-3-17-18)16-7-10-5-11(14)13(19)12(15)6-10/h2-6,9,16,19H,7-8H2,1H3. The van der Waals surface area contributed by atoms with Crippen LogP contribution in [0.15, 0.2) is 30.6 Å². The number of aromatic nitrogens is 2. The van der Waals surface area contributed by atoms with Gasteiger partial charge in [0.15, 0.2) is 17.4 Å². The van der Waals surface area contributed by atoms with Crippen LogP contribution in [0, 0.1) is 11.6 Å². The van der Waals surface area contributed by atoms with Crippen molar-refractivity contribution < 1.29 is 13.9 Å². The second-order valence-electron chi connectivity index (χ2n) is 4.42. The van der Waals surface area contributed by atoms with Crippen molar-refractivity contribution in [3.05, 3.63) is 47.8 Å². The molecule has 1 heterocycles. The summed E-state index contributed by atoms with van der Waals surface area (Å²) >= 11 is 0. The first-order valence-electron chi connectivity index (χ1n) is 5.94. The summed E-state index contributed by atoms with van der Waals surface area (Å²) < 4.78 is 28.0. The van der Waals surface area contributed by atoms with Gasteiger partial charge in [0, 0.05) is 25.0 Å². The molecule has 4 nitrogen and oxygen atoms in total. The first kappa shape index (κ1) is 13.5. The predicted octanol–water partition coefficient (Wildman–Crippen LogP) is 2.05. The van der Waals surface area contributed by atoms with E-state index in [4.69, 9.17) is 5.11 Å². The molecule has 0 aliphatic heterocycles. The topological polar surface area (TPSA) is 50.1 Å². The van der Waals surface area contributed by atoms with Crippen LogP contribution in [0.4, 0.5) is 8.78 Å². The Bertz CT molecular complexity index is 520. The fraction of sp³-hybridized carbons (Fsp3) is 0.308. The number of phenolic OH excluding ortho intramolecular Hbond substituents is 1. The van der Waals surface area contributed by atoms with Crippen LogP contribution in [-0.2, 0) is 13.1 Å². The molecule has 0 amide bonds. The number of benzene rings is 1. The van der Waals surface area contributed by atoms with Gasteiger partial charge in [-0.1, -0.05) is 0 Å². The lowest BCUT2D eigenvalue weighted by atomic mass is 10.2. The molecule has 0 saturated heterocycles. The third kappa shape index (κ3) is 3.51. The summed E-state index contributed by atoms with van der Waals surface area (Å²) in [6, 6.07) is 4.16. The van der Waals surface area contributed by atoms with Crippen molar-refractivity contribution in [3.8, 4) is 5.75 Å². The van der Waals surface area contributed by atoms with Gasteiger partial charge in [0.05, 0.1) is 6.54 Å². The Morgan fingerprint density at radius 3 is 2.63 bits per heavy atom. The van der Waals surface area contributed by atoms with E-state index in [1.807, 2.05) is 19.2 Å². The van der Waals surface area contributed by atoms with Crippen LogP contribution in [-0.4, -0.2) is 20.9 Å². The highest BCUT2D eigenvalue weighted by Gasteiger charge is 2.10. The molecular weight excluding hydrogens is 252 g/mol. The summed E-state index contributed by atoms with van der Waals surface area (Å²) in [6.07, 6.45) is 3.54. The average molecular weight is 267 g/mol. The molecule has 1 aromatic heterocycles. The Morgan fingerprint density at radius 2 is 2.05 bits per heavy atom. The molecule has 6 heteroatoms. The number of rotatable bonds is 5. The molecule has 2 N–H and O–H groups in total. The van der Waals surface area contributed by atoms with Crippen LogP contribution < -0.4 is 5.32 Å². The predicted molar refractivity (Wildman–Crippen MR) is 66.6 cm³/mol. The Labute approximate surface area is 109 Å². The molecule has 1 unspecified atom stereocenters. The Balaban J connectivity index is 1.91. The minimum absolute atomic E-state index is 0.0971. The van der Waals surface area contributed by atoms with Gasteiger partial charge in [-0.15, -0.1) is 0 Å². The lowest BCUT2D eigenvalue weighted by Crippen LogP contribution is -2.30. The maximum absolute atomic E-state index is 13.1. The van der Waals surface area contributed by atoms with Crippen molar-refractivity contribution in [2.24, 2.45) is 0 Å². The van der Waals surface area contributed by atoms with Gasteiger partial charge in [-0.3, -0.25) is 4.68 Å². The van der Waals surface area contributed by atoms with Crippen molar-refractivity contribution >= 4 is 0 Å². The van der Waals surface area contributed by atoms with Crippen molar-refractivity contribution in [2.75, 3.05) is 0 Å².